The molecule has 176 valence electrons. The van der Waals surface area contributed by atoms with Crippen molar-refractivity contribution in [2.75, 3.05) is 13.2 Å². The lowest BCUT2D eigenvalue weighted by atomic mass is 9.83. The zero-order valence-electron chi connectivity index (χ0n) is 20.3. The summed E-state index contributed by atoms with van der Waals surface area (Å²) in [5.41, 5.74) is 5.46. The fourth-order valence-corrected chi connectivity index (χ4v) is 3.86. The van der Waals surface area contributed by atoms with Crippen LogP contribution in [0.1, 0.15) is 108 Å². The van der Waals surface area contributed by atoms with Crippen LogP contribution in [0, 0.1) is 6.92 Å². The molecule has 0 bridgehead atoms. The third-order valence-corrected chi connectivity index (χ3v) is 5.50. The van der Waals surface area contributed by atoms with Crippen LogP contribution in [0.5, 0.6) is 11.5 Å². The number of hydrogen-bond donors (Lipinski definition) is 2. The summed E-state index contributed by atoms with van der Waals surface area (Å²) in [5, 5.41) is 0. The predicted molar refractivity (Wildman–Crippen MR) is 128 cm³/mol. The van der Waals surface area contributed by atoms with E-state index in [-0.39, 0.29) is 0 Å². The average Bonchev–Trinajstić information content (AvgIpc) is 2.71. The predicted octanol–water partition coefficient (Wildman–Crippen LogP) is 6.74. The fraction of sp³-hybridized carbons (Fsp3) is 0.750. The lowest BCUT2D eigenvalue weighted by Gasteiger charge is -2.28. The summed E-state index contributed by atoms with van der Waals surface area (Å²) in [6.45, 7) is 17.4. The molecule has 0 aliphatic rings. The van der Waals surface area contributed by atoms with Gasteiger partial charge < -0.3 is 19.3 Å². The average molecular weight is 445 g/mol. The highest BCUT2D eigenvalue weighted by Gasteiger charge is 2.26. The summed E-state index contributed by atoms with van der Waals surface area (Å²) in [6.07, 6.45) is 8.84. The largest absolute Gasteiger partial charge is 0.493 e. The first-order valence-electron chi connectivity index (χ1n) is 11.7. The minimum Gasteiger partial charge on any atom is -0.493 e. The van der Waals surface area contributed by atoms with Crippen molar-refractivity contribution in [1.82, 2.24) is 0 Å². The number of benzene rings is 1. The zero-order valence-corrected chi connectivity index (χ0v) is 21.3. The molecule has 1 aromatic rings. The standard InChI is InChI=1S/C24H42O2.H3O3P/c1-8-14-16-25-23-18(7)20(12-5)24(26-17-15-9-2)22(21(23)13-6)19(10-3)11-4;1-4(2)3/h19H,8-17H2,1-7H3;4H,(H2,1,2,3). The van der Waals surface area contributed by atoms with Gasteiger partial charge in [-0.1, -0.05) is 54.4 Å². The van der Waals surface area contributed by atoms with Crippen molar-refractivity contribution in [1.29, 1.82) is 0 Å². The van der Waals surface area contributed by atoms with Gasteiger partial charge in [0.15, 0.2) is 0 Å². The molecule has 0 unspecified atom stereocenters. The molecule has 6 heteroatoms. The van der Waals surface area contributed by atoms with E-state index >= 15 is 0 Å². The van der Waals surface area contributed by atoms with E-state index in [1.54, 1.807) is 0 Å². The second kappa shape index (κ2) is 16.6. The summed E-state index contributed by atoms with van der Waals surface area (Å²) in [5.74, 6) is 2.86. The molecule has 0 fully saturated rings. The van der Waals surface area contributed by atoms with Crippen LogP contribution in [-0.4, -0.2) is 23.0 Å². The van der Waals surface area contributed by atoms with E-state index < -0.39 is 8.25 Å². The Morgan fingerprint density at radius 1 is 0.800 bits per heavy atom. The van der Waals surface area contributed by atoms with Gasteiger partial charge >= 0.3 is 8.25 Å². The van der Waals surface area contributed by atoms with Crippen molar-refractivity contribution in [3.8, 4) is 11.5 Å². The van der Waals surface area contributed by atoms with Gasteiger partial charge in [0.1, 0.15) is 11.5 Å². The minimum atomic E-state index is -3.13. The van der Waals surface area contributed by atoms with Gasteiger partial charge in [0.2, 0.25) is 0 Å². The second-order valence-electron chi connectivity index (χ2n) is 7.56. The normalized spacial score (nSPS) is 10.9. The molecule has 0 aliphatic heterocycles. The summed E-state index contributed by atoms with van der Waals surface area (Å²) < 4.78 is 21.5. The second-order valence-corrected chi connectivity index (χ2v) is 8.13. The number of rotatable bonds is 13. The van der Waals surface area contributed by atoms with E-state index in [4.69, 9.17) is 23.8 Å². The molecule has 0 saturated heterocycles. The maximum atomic E-state index is 8.74. The van der Waals surface area contributed by atoms with E-state index in [1.165, 1.54) is 40.8 Å². The monoisotopic (exact) mass is 444 g/mol. The van der Waals surface area contributed by atoms with Crippen LogP contribution in [0.2, 0.25) is 0 Å². The SMILES string of the molecule is CCCCOc1c(C)c(CC)c(OCCCC)c(C(CC)CC)c1CC.O=[PH](O)O. The van der Waals surface area contributed by atoms with Crippen LogP contribution in [0.15, 0.2) is 0 Å². The van der Waals surface area contributed by atoms with Crippen molar-refractivity contribution >= 4 is 8.25 Å². The Kier molecular flexibility index (Phi) is 16.1. The van der Waals surface area contributed by atoms with E-state index in [9.17, 15) is 0 Å². The molecule has 5 nitrogen and oxygen atoms in total. The van der Waals surface area contributed by atoms with Crippen LogP contribution in [0.25, 0.3) is 0 Å². The number of hydrogen-bond acceptors (Lipinski definition) is 3. The quantitative estimate of drug-likeness (QED) is 0.260. The Bertz CT molecular complexity index is 623. The van der Waals surface area contributed by atoms with Gasteiger partial charge in [-0.3, -0.25) is 4.57 Å². The molecule has 0 radical (unpaired) electrons. The van der Waals surface area contributed by atoms with Gasteiger partial charge in [-0.05, 0) is 56.9 Å². The number of ether oxygens (including phenoxy) is 2. The fourth-order valence-electron chi connectivity index (χ4n) is 3.86. The molecule has 0 spiro atoms. The zero-order chi connectivity index (χ0) is 23.1. The minimum absolute atomic E-state index is 0.543. The summed E-state index contributed by atoms with van der Waals surface area (Å²) in [6, 6.07) is 0. The lowest BCUT2D eigenvalue weighted by Crippen LogP contribution is -2.13. The summed E-state index contributed by atoms with van der Waals surface area (Å²) in [7, 11) is -3.13. The van der Waals surface area contributed by atoms with Gasteiger partial charge in [-0.25, -0.2) is 0 Å². The van der Waals surface area contributed by atoms with Gasteiger partial charge in [-0.15, -0.1) is 0 Å². The van der Waals surface area contributed by atoms with Crippen molar-refractivity contribution in [2.24, 2.45) is 0 Å². The first-order chi connectivity index (χ1) is 14.3. The highest BCUT2D eigenvalue weighted by molar-refractivity contribution is 7.30. The maximum absolute atomic E-state index is 8.74. The molecule has 0 atom stereocenters. The maximum Gasteiger partial charge on any atom is 0.314 e. The Morgan fingerprint density at radius 2 is 1.23 bits per heavy atom. The molecule has 0 amide bonds. The summed E-state index contributed by atoms with van der Waals surface area (Å²) >= 11 is 0. The van der Waals surface area contributed by atoms with Gasteiger partial charge in [0.05, 0.1) is 13.2 Å². The summed E-state index contributed by atoms with van der Waals surface area (Å²) in [4.78, 5) is 14.3. The van der Waals surface area contributed by atoms with Crippen molar-refractivity contribution < 1.29 is 23.8 Å². The van der Waals surface area contributed by atoms with Gasteiger partial charge in [0, 0.05) is 16.7 Å². The van der Waals surface area contributed by atoms with E-state index in [1.807, 2.05) is 0 Å². The molecular formula is C24H45O5P. The van der Waals surface area contributed by atoms with Crippen molar-refractivity contribution in [3.63, 3.8) is 0 Å². The third-order valence-electron chi connectivity index (χ3n) is 5.50. The Labute approximate surface area is 185 Å². The Hall–Kier alpha value is -1.03. The third kappa shape index (κ3) is 8.99. The van der Waals surface area contributed by atoms with Crippen molar-refractivity contribution in [3.05, 3.63) is 22.3 Å². The number of unbranched alkanes of at least 4 members (excludes halogenated alkanes) is 2. The van der Waals surface area contributed by atoms with Gasteiger partial charge in [-0.2, -0.15) is 0 Å². The smallest absolute Gasteiger partial charge is 0.314 e. The van der Waals surface area contributed by atoms with E-state index in [0.717, 1.165) is 57.5 Å². The topological polar surface area (TPSA) is 76.0 Å². The highest BCUT2D eigenvalue weighted by Crippen LogP contribution is 2.45. The van der Waals surface area contributed by atoms with Crippen LogP contribution >= 0.6 is 8.25 Å². The van der Waals surface area contributed by atoms with E-state index in [0.29, 0.717) is 5.92 Å². The first-order valence-corrected chi connectivity index (χ1v) is 13.0. The molecule has 0 saturated carbocycles. The molecule has 30 heavy (non-hydrogen) atoms. The first kappa shape index (κ1) is 29.0. The van der Waals surface area contributed by atoms with Crippen LogP contribution < -0.4 is 9.47 Å². The molecule has 0 heterocycles. The lowest BCUT2D eigenvalue weighted by molar-refractivity contribution is 0.289. The molecule has 0 aromatic heterocycles. The van der Waals surface area contributed by atoms with Crippen LogP contribution in [-0.2, 0) is 17.4 Å². The van der Waals surface area contributed by atoms with Crippen molar-refractivity contribution in [2.45, 2.75) is 106 Å². The Balaban J connectivity index is 0.00000192. The molecule has 1 aromatic carbocycles. The molecular weight excluding hydrogens is 399 g/mol. The van der Waals surface area contributed by atoms with Crippen LogP contribution in [0.3, 0.4) is 0 Å². The van der Waals surface area contributed by atoms with Gasteiger partial charge in [0.25, 0.3) is 0 Å². The Morgan fingerprint density at radius 3 is 1.60 bits per heavy atom. The molecule has 1 rings (SSSR count). The molecule has 0 aliphatic carbocycles. The highest BCUT2D eigenvalue weighted by atomic mass is 31.1. The van der Waals surface area contributed by atoms with E-state index in [2.05, 4.69) is 48.5 Å². The molecule has 2 N–H and O–H groups in total. The van der Waals surface area contributed by atoms with Crippen LogP contribution in [0.4, 0.5) is 0 Å².